The number of rotatable bonds is 6. The molecule has 1 amide bonds. The topological polar surface area (TPSA) is 90.6 Å². The summed E-state index contributed by atoms with van der Waals surface area (Å²) in [7, 11) is 1.71. The summed E-state index contributed by atoms with van der Waals surface area (Å²) >= 11 is 0. The predicted molar refractivity (Wildman–Crippen MR) is 109 cm³/mol. The summed E-state index contributed by atoms with van der Waals surface area (Å²) in [4.78, 5) is 24.0. The van der Waals surface area contributed by atoms with E-state index >= 15 is 0 Å². The summed E-state index contributed by atoms with van der Waals surface area (Å²) in [6, 6.07) is 5.55. The van der Waals surface area contributed by atoms with Gasteiger partial charge < -0.3 is 18.9 Å². The van der Waals surface area contributed by atoms with Gasteiger partial charge >= 0.3 is 0 Å². The third kappa shape index (κ3) is 4.39. The van der Waals surface area contributed by atoms with Crippen molar-refractivity contribution in [3.63, 3.8) is 0 Å². The van der Waals surface area contributed by atoms with Crippen LogP contribution in [0.15, 0.2) is 22.7 Å². The molecule has 2 fully saturated rings. The Morgan fingerprint density at radius 2 is 2.00 bits per heavy atom. The second-order valence-corrected chi connectivity index (χ2v) is 8.32. The first-order chi connectivity index (χ1) is 14.6. The monoisotopic (exact) mass is 414 g/mol. The first-order valence-corrected chi connectivity index (χ1v) is 10.7. The number of amides is 1. The van der Waals surface area contributed by atoms with Gasteiger partial charge in [-0.2, -0.15) is 4.98 Å². The van der Waals surface area contributed by atoms with Crippen molar-refractivity contribution >= 4 is 5.91 Å². The maximum Gasteiger partial charge on any atom is 0.272 e. The number of pyridine rings is 1. The lowest BCUT2D eigenvalue weighted by Gasteiger charge is -2.39. The van der Waals surface area contributed by atoms with Crippen LogP contribution in [0.25, 0.3) is 0 Å². The summed E-state index contributed by atoms with van der Waals surface area (Å²) < 4.78 is 16.5. The van der Waals surface area contributed by atoms with E-state index in [-0.39, 0.29) is 17.2 Å². The van der Waals surface area contributed by atoms with E-state index in [4.69, 9.17) is 19.0 Å². The predicted octanol–water partition coefficient (Wildman–Crippen LogP) is 2.88. The lowest BCUT2D eigenvalue weighted by atomic mass is 9.75. The number of ether oxygens (including phenoxy) is 2. The summed E-state index contributed by atoms with van der Waals surface area (Å²) in [5.41, 5.74) is 1.11. The highest BCUT2D eigenvalue weighted by atomic mass is 16.5. The molecule has 2 aromatic heterocycles. The van der Waals surface area contributed by atoms with Crippen molar-refractivity contribution in [1.29, 1.82) is 0 Å². The first-order valence-electron chi connectivity index (χ1n) is 10.7. The Hall–Kier alpha value is -2.32. The molecule has 4 rings (SSSR count). The molecule has 0 saturated carbocycles. The number of likely N-dealkylation sites (tertiary alicyclic amines) is 1. The third-order valence-corrected chi connectivity index (χ3v) is 6.39. The fourth-order valence-electron chi connectivity index (χ4n) is 4.41. The number of hydrogen-bond acceptors (Lipinski definition) is 7. The van der Waals surface area contributed by atoms with Gasteiger partial charge in [0.2, 0.25) is 5.89 Å². The van der Waals surface area contributed by atoms with Crippen LogP contribution in [0.1, 0.15) is 65.9 Å². The van der Waals surface area contributed by atoms with Crippen LogP contribution < -0.4 is 0 Å². The molecule has 8 nitrogen and oxygen atoms in total. The van der Waals surface area contributed by atoms with E-state index in [2.05, 4.69) is 10.1 Å². The molecule has 0 unspecified atom stereocenters. The molecule has 4 heterocycles. The van der Waals surface area contributed by atoms with Crippen LogP contribution in [-0.2, 0) is 14.9 Å². The van der Waals surface area contributed by atoms with Crippen LogP contribution in [0.5, 0.6) is 0 Å². The average Bonchev–Trinajstić information content (AvgIpc) is 3.29. The van der Waals surface area contributed by atoms with E-state index in [0.29, 0.717) is 31.3 Å². The number of hydrogen-bond donors (Lipinski definition) is 0. The Morgan fingerprint density at radius 1 is 1.23 bits per heavy atom. The molecule has 2 aliphatic rings. The second kappa shape index (κ2) is 9.22. The summed E-state index contributed by atoms with van der Waals surface area (Å²) in [6.07, 6.45) is 4.19. The molecule has 0 atom stereocenters. The van der Waals surface area contributed by atoms with Crippen LogP contribution in [0.3, 0.4) is 0 Å². The summed E-state index contributed by atoms with van der Waals surface area (Å²) in [5.74, 6) is 1.72. The van der Waals surface area contributed by atoms with Crippen LogP contribution in [0.2, 0.25) is 0 Å². The number of nitrogens with zero attached hydrogens (tertiary/aromatic N) is 4. The van der Waals surface area contributed by atoms with Crippen LogP contribution in [0, 0.1) is 6.92 Å². The van der Waals surface area contributed by atoms with Gasteiger partial charge in [0, 0.05) is 57.0 Å². The van der Waals surface area contributed by atoms with Crippen LogP contribution >= 0.6 is 0 Å². The number of carbonyl (C=O) groups excluding carboxylic acids is 1. The highest BCUT2D eigenvalue weighted by Crippen LogP contribution is 2.38. The molecule has 0 spiro atoms. The van der Waals surface area contributed by atoms with Crippen molar-refractivity contribution in [2.75, 3.05) is 40.0 Å². The Bertz CT molecular complexity index is 854. The van der Waals surface area contributed by atoms with Crippen LogP contribution in [0.4, 0.5) is 0 Å². The fourth-order valence-corrected chi connectivity index (χ4v) is 4.41. The Morgan fingerprint density at radius 3 is 2.70 bits per heavy atom. The molecule has 2 aliphatic heterocycles. The molecular weight excluding hydrogens is 384 g/mol. The second-order valence-electron chi connectivity index (χ2n) is 8.32. The minimum atomic E-state index is -0.236. The smallest absolute Gasteiger partial charge is 0.272 e. The molecule has 0 aromatic carbocycles. The van der Waals surface area contributed by atoms with Gasteiger partial charge in [-0.1, -0.05) is 11.2 Å². The van der Waals surface area contributed by atoms with E-state index in [9.17, 15) is 4.79 Å². The van der Waals surface area contributed by atoms with Crippen molar-refractivity contribution in [3.05, 3.63) is 41.3 Å². The van der Waals surface area contributed by atoms with Crippen molar-refractivity contribution in [1.82, 2.24) is 20.0 Å². The molecular formula is C22H30N4O4. The number of aryl methyl sites for hydroxylation is 1. The Balaban J connectivity index is 1.48. The number of aromatic nitrogens is 3. The van der Waals surface area contributed by atoms with Gasteiger partial charge in [0.25, 0.3) is 5.91 Å². The Kier molecular flexibility index (Phi) is 6.43. The maximum atomic E-state index is 12.9. The molecule has 0 bridgehead atoms. The zero-order valence-corrected chi connectivity index (χ0v) is 17.8. The highest BCUT2D eigenvalue weighted by molar-refractivity contribution is 5.92. The van der Waals surface area contributed by atoms with Crippen molar-refractivity contribution in [2.45, 2.75) is 50.4 Å². The van der Waals surface area contributed by atoms with E-state index in [1.54, 1.807) is 13.2 Å². The van der Waals surface area contributed by atoms with E-state index in [0.717, 1.165) is 56.8 Å². The maximum absolute atomic E-state index is 12.9. The zero-order valence-electron chi connectivity index (χ0n) is 17.8. The largest absolute Gasteiger partial charge is 0.385 e. The Labute approximate surface area is 177 Å². The normalized spacial score (nSPS) is 19.7. The van der Waals surface area contributed by atoms with Gasteiger partial charge in [-0.25, -0.2) is 4.98 Å². The van der Waals surface area contributed by atoms with E-state index in [1.165, 1.54) is 0 Å². The summed E-state index contributed by atoms with van der Waals surface area (Å²) in [5, 5.41) is 4.38. The average molecular weight is 415 g/mol. The van der Waals surface area contributed by atoms with Gasteiger partial charge in [-0.05, 0) is 51.2 Å². The van der Waals surface area contributed by atoms with Gasteiger partial charge in [0.1, 0.15) is 5.69 Å². The minimum absolute atomic E-state index is 0.0185. The van der Waals surface area contributed by atoms with Gasteiger partial charge in [0.05, 0.1) is 0 Å². The first kappa shape index (κ1) is 20.9. The van der Waals surface area contributed by atoms with Gasteiger partial charge in [-0.3, -0.25) is 4.79 Å². The van der Waals surface area contributed by atoms with Gasteiger partial charge in [0.15, 0.2) is 5.82 Å². The van der Waals surface area contributed by atoms with Crippen molar-refractivity contribution < 1.29 is 18.8 Å². The lowest BCUT2D eigenvalue weighted by molar-refractivity contribution is 0.0610. The lowest BCUT2D eigenvalue weighted by Crippen LogP contribution is -2.46. The van der Waals surface area contributed by atoms with Crippen molar-refractivity contribution in [2.24, 2.45) is 0 Å². The third-order valence-electron chi connectivity index (χ3n) is 6.39. The fraction of sp³-hybridized carbons (Fsp3) is 0.636. The molecule has 0 radical (unpaired) electrons. The molecule has 2 aromatic rings. The van der Waals surface area contributed by atoms with Gasteiger partial charge in [-0.15, -0.1) is 0 Å². The molecule has 162 valence electrons. The number of methoxy groups -OCH3 is 1. The minimum Gasteiger partial charge on any atom is -0.385 e. The van der Waals surface area contributed by atoms with E-state index < -0.39 is 0 Å². The molecule has 2 saturated heterocycles. The molecule has 0 aliphatic carbocycles. The van der Waals surface area contributed by atoms with Crippen LogP contribution in [-0.4, -0.2) is 66.0 Å². The molecule has 8 heteroatoms. The quantitative estimate of drug-likeness (QED) is 0.718. The standard InChI is InChI=1S/C22H30N4O4/c1-16-4-3-5-18(23-16)20(27)26-11-8-22(9-12-26,10-15-28-2)21-24-19(30-25-21)17-6-13-29-14-7-17/h3-5,17H,6-15H2,1-2H3. The number of carbonyl (C=O) groups is 1. The highest BCUT2D eigenvalue weighted by Gasteiger charge is 2.41. The SMILES string of the molecule is COCCC1(c2noc(C3CCOCC3)n2)CCN(C(=O)c2cccc(C)n2)CC1. The van der Waals surface area contributed by atoms with E-state index in [1.807, 2.05) is 24.0 Å². The molecule has 0 N–H and O–H groups in total. The van der Waals surface area contributed by atoms with Crippen molar-refractivity contribution in [3.8, 4) is 0 Å². The summed E-state index contributed by atoms with van der Waals surface area (Å²) in [6.45, 7) is 5.27. The zero-order chi connectivity index (χ0) is 21.0. The molecule has 30 heavy (non-hydrogen) atoms. The number of piperidine rings is 1.